The average molecular weight is 421 g/mol. The molecule has 1 amide bonds. The molecule has 1 unspecified atom stereocenters. The van der Waals surface area contributed by atoms with Gasteiger partial charge in [-0.3, -0.25) is 9.79 Å². The minimum absolute atomic E-state index is 0.325. The lowest BCUT2D eigenvalue weighted by atomic mass is 10.0. The molecular weight excluding hydrogens is 401 g/mol. The summed E-state index contributed by atoms with van der Waals surface area (Å²) < 4.78 is 18.9. The predicted octanol–water partition coefficient (Wildman–Crippen LogP) is 3.08. The number of benzene rings is 1. The van der Waals surface area contributed by atoms with E-state index in [0.29, 0.717) is 45.3 Å². The minimum Gasteiger partial charge on any atom is -0.447 e. The largest absolute Gasteiger partial charge is 0.447 e. The van der Waals surface area contributed by atoms with Crippen molar-refractivity contribution in [1.29, 1.82) is 0 Å². The number of nitrogens with zero attached hydrogens (tertiary/aromatic N) is 4. The highest BCUT2D eigenvalue weighted by atomic mass is 19.1. The number of fused-ring (bicyclic) bond motifs is 1. The summed E-state index contributed by atoms with van der Waals surface area (Å²) in [6.45, 7) is 1.77. The van der Waals surface area contributed by atoms with Crippen molar-refractivity contribution in [3.63, 3.8) is 0 Å². The van der Waals surface area contributed by atoms with Crippen LogP contribution in [0.1, 0.15) is 40.5 Å². The summed E-state index contributed by atoms with van der Waals surface area (Å²) in [6, 6.07) is 3.94. The zero-order valence-electron chi connectivity index (χ0n) is 17.1. The number of aliphatic imine (C=N–C) groups is 1. The van der Waals surface area contributed by atoms with Crippen LogP contribution in [0.2, 0.25) is 0 Å². The van der Waals surface area contributed by atoms with E-state index in [1.54, 1.807) is 39.5 Å². The molecule has 3 aromatic heterocycles. The van der Waals surface area contributed by atoms with Gasteiger partial charge >= 0.3 is 0 Å². The Morgan fingerprint density at radius 3 is 2.84 bits per heavy atom. The third-order valence-corrected chi connectivity index (χ3v) is 4.77. The van der Waals surface area contributed by atoms with E-state index in [0.717, 1.165) is 0 Å². The quantitative estimate of drug-likeness (QED) is 0.412. The summed E-state index contributed by atoms with van der Waals surface area (Å²) in [5.74, 6) is -0.317. The maximum absolute atomic E-state index is 13.7. The molecule has 0 fully saturated rings. The van der Waals surface area contributed by atoms with Crippen molar-refractivity contribution in [1.82, 2.24) is 25.3 Å². The Bertz CT molecular complexity index is 1260. The van der Waals surface area contributed by atoms with E-state index in [9.17, 15) is 9.18 Å². The molecule has 9 nitrogen and oxygen atoms in total. The molecule has 0 spiro atoms. The van der Waals surface area contributed by atoms with Crippen LogP contribution >= 0.6 is 0 Å². The molecule has 1 aromatic carbocycles. The number of nitrogens with one attached hydrogen (secondary N) is 3. The van der Waals surface area contributed by atoms with Gasteiger partial charge in [0.15, 0.2) is 5.65 Å². The Labute approximate surface area is 176 Å². The predicted molar refractivity (Wildman–Crippen MR) is 114 cm³/mol. The number of rotatable bonds is 6. The van der Waals surface area contributed by atoms with Crippen LogP contribution in [0.5, 0.6) is 0 Å². The number of aromatic amines is 1. The van der Waals surface area contributed by atoms with Gasteiger partial charge in [0.05, 0.1) is 23.7 Å². The number of carbonyl (C=O) groups is 1. The molecular formula is C21H20FN7O2. The Hall–Kier alpha value is -4.08. The Morgan fingerprint density at radius 1 is 1.29 bits per heavy atom. The number of hydrogen-bond donors (Lipinski definition) is 3. The van der Waals surface area contributed by atoms with Crippen molar-refractivity contribution in [2.75, 3.05) is 19.4 Å². The van der Waals surface area contributed by atoms with E-state index in [2.05, 4.69) is 35.6 Å². The maximum Gasteiger partial charge on any atom is 0.255 e. The summed E-state index contributed by atoms with van der Waals surface area (Å²) in [6.07, 6.45) is 6.07. The molecule has 4 aromatic rings. The van der Waals surface area contributed by atoms with Gasteiger partial charge in [-0.2, -0.15) is 0 Å². The smallest absolute Gasteiger partial charge is 0.255 e. The second kappa shape index (κ2) is 8.34. The number of anilines is 1. The first-order valence-corrected chi connectivity index (χ1v) is 9.51. The van der Waals surface area contributed by atoms with Crippen molar-refractivity contribution < 1.29 is 13.6 Å². The molecule has 0 saturated carbocycles. The highest BCUT2D eigenvalue weighted by molar-refractivity contribution is 6.15. The van der Waals surface area contributed by atoms with Gasteiger partial charge in [0.2, 0.25) is 5.89 Å². The fraction of sp³-hybridized carbons (Fsp3) is 0.190. The highest BCUT2D eigenvalue weighted by Crippen LogP contribution is 2.22. The molecule has 0 bridgehead atoms. The molecule has 3 N–H and O–H groups in total. The standard InChI is InChI=1S/C21H20FN7O2/c1-11(21-25-6-7-31-21)28-20(30)14-9-26-19-18(14)29-16(10-27-19)17(24-3)13-5-4-12(22)8-15(13)23-2/h4-11,23H,1-3H3,(H,26,27)(H,28,30)/b24-17+. The van der Waals surface area contributed by atoms with Crippen molar-refractivity contribution in [3.8, 4) is 0 Å². The number of aromatic nitrogens is 4. The van der Waals surface area contributed by atoms with E-state index in [-0.39, 0.29) is 11.7 Å². The van der Waals surface area contributed by atoms with Gasteiger partial charge in [-0.05, 0) is 25.1 Å². The molecule has 31 heavy (non-hydrogen) atoms. The van der Waals surface area contributed by atoms with E-state index in [4.69, 9.17) is 4.42 Å². The number of H-pyrrole nitrogens is 1. The van der Waals surface area contributed by atoms with Gasteiger partial charge in [0.1, 0.15) is 29.3 Å². The lowest BCUT2D eigenvalue weighted by molar-refractivity contribution is 0.0935. The van der Waals surface area contributed by atoms with Crippen LogP contribution in [0.4, 0.5) is 10.1 Å². The zero-order valence-corrected chi connectivity index (χ0v) is 17.1. The maximum atomic E-state index is 13.7. The van der Waals surface area contributed by atoms with Crippen LogP contribution < -0.4 is 10.6 Å². The molecule has 158 valence electrons. The van der Waals surface area contributed by atoms with Crippen LogP contribution in [0.25, 0.3) is 11.2 Å². The Kier molecular flexibility index (Phi) is 5.44. The van der Waals surface area contributed by atoms with Crippen LogP contribution in [-0.4, -0.2) is 45.7 Å². The molecule has 0 saturated heterocycles. The van der Waals surface area contributed by atoms with Crippen LogP contribution in [0.15, 0.2) is 52.5 Å². The SMILES string of the molecule is C/N=C(/c1cnc2[nH]cc(C(=O)NC(C)c3ncco3)c2n1)c1ccc(F)cc1NC. The molecule has 3 heterocycles. The van der Waals surface area contributed by atoms with Crippen molar-refractivity contribution in [3.05, 3.63) is 71.6 Å². The van der Waals surface area contributed by atoms with Crippen molar-refractivity contribution >= 4 is 28.5 Å². The molecule has 0 aliphatic carbocycles. The van der Waals surface area contributed by atoms with Gasteiger partial charge in [0.25, 0.3) is 5.91 Å². The Morgan fingerprint density at radius 2 is 2.13 bits per heavy atom. The van der Waals surface area contributed by atoms with Crippen molar-refractivity contribution in [2.24, 2.45) is 4.99 Å². The first-order chi connectivity index (χ1) is 15.0. The number of halogens is 1. The Balaban J connectivity index is 1.70. The normalized spacial score (nSPS) is 12.7. The number of oxazole rings is 1. The lowest BCUT2D eigenvalue weighted by Crippen LogP contribution is -2.26. The third kappa shape index (κ3) is 3.87. The topological polar surface area (TPSA) is 121 Å². The first kappa shape index (κ1) is 20.2. The molecule has 0 radical (unpaired) electrons. The molecule has 0 aliphatic heterocycles. The van der Waals surface area contributed by atoms with Gasteiger partial charge < -0.3 is 20.0 Å². The number of hydrogen-bond acceptors (Lipinski definition) is 7. The van der Waals surface area contributed by atoms with E-state index in [1.807, 2.05) is 0 Å². The second-order valence-electron chi connectivity index (χ2n) is 6.73. The van der Waals surface area contributed by atoms with Gasteiger partial charge in [0, 0.05) is 31.5 Å². The number of carbonyl (C=O) groups excluding carboxylic acids is 1. The summed E-state index contributed by atoms with van der Waals surface area (Å²) in [5, 5.41) is 5.79. The van der Waals surface area contributed by atoms with Crippen molar-refractivity contribution in [2.45, 2.75) is 13.0 Å². The van der Waals surface area contributed by atoms with Crippen LogP contribution in [-0.2, 0) is 0 Å². The fourth-order valence-electron chi connectivity index (χ4n) is 3.27. The van der Waals surface area contributed by atoms with Gasteiger partial charge in [-0.15, -0.1) is 0 Å². The van der Waals surface area contributed by atoms with Gasteiger partial charge in [-0.1, -0.05) is 0 Å². The van der Waals surface area contributed by atoms with Crippen LogP contribution in [0, 0.1) is 5.82 Å². The third-order valence-electron chi connectivity index (χ3n) is 4.77. The number of amides is 1. The molecule has 4 rings (SSSR count). The van der Waals surface area contributed by atoms with E-state index < -0.39 is 6.04 Å². The summed E-state index contributed by atoms with van der Waals surface area (Å²) in [4.78, 5) is 33.2. The molecule has 0 aliphatic rings. The minimum atomic E-state index is -0.422. The average Bonchev–Trinajstić information content (AvgIpc) is 3.45. The van der Waals surface area contributed by atoms with E-state index in [1.165, 1.54) is 24.6 Å². The molecule has 10 heteroatoms. The summed E-state index contributed by atoms with van der Waals surface area (Å²) in [7, 11) is 3.32. The lowest BCUT2D eigenvalue weighted by Gasteiger charge is -2.12. The molecule has 1 atom stereocenters. The van der Waals surface area contributed by atoms with Gasteiger partial charge in [-0.25, -0.2) is 19.3 Å². The monoisotopic (exact) mass is 421 g/mol. The van der Waals surface area contributed by atoms with Crippen LogP contribution in [0.3, 0.4) is 0 Å². The highest BCUT2D eigenvalue weighted by Gasteiger charge is 2.21. The first-order valence-electron chi connectivity index (χ1n) is 9.51. The summed E-state index contributed by atoms with van der Waals surface area (Å²) >= 11 is 0. The second-order valence-corrected chi connectivity index (χ2v) is 6.73. The van der Waals surface area contributed by atoms with E-state index >= 15 is 0 Å². The summed E-state index contributed by atoms with van der Waals surface area (Å²) in [5.41, 5.74) is 3.37. The fourth-order valence-corrected chi connectivity index (χ4v) is 3.27. The zero-order chi connectivity index (χ0) is 22.0.